The second-order valence-electron chi connectivity index (χ2n) is 6.98. The maximum Gasteiger partial charge on any atom is 0.120 e. The van der Waals surface area contributed by atoms with Crippen molar-refractivity contribution in [2.45, 2.75) is 39.2 Å². The number of benzene rings is 3. The lowest BCUT2D eigenvalue weighted by Crippen LogP contribution is -2.11. The average molecular weight is 358 g/mol. The standard InChI is InChI=1S/C24H26N2O/c1-2-3-4-13-24-25-22-11-7-8-12-23(22)26(24)16-17-27-21-15-14-19-9-5-6-10-20(19)18-21/h5-12,14-15,18H,2-4,13,16-17H2,1H3. The zero-order valence-corrected chi connectivity index (χ0v) is 15.9. The Hall–Kier alpha value is -2.81. The summed E-state index contributed by atoms with van der Waals surface area (Å²) < 4.78 is 8.39. The number of rotatable bonds is 8. The second-order valence-corrected chi connectivity index (χ2v) is 6.98. The van der Waals surface area contributed by atoms with Crippen LogP contribution in [0, 0.1) is 0 Å². The molecule has 0 saturated heterocycles. The second kappa shape index (κ2) is 8.26. The van der Waals surface area contributed by atoms with E-state index in [1.54, 1.807) is 0 Å². The van der Waals surface area contributed by atoms with Crippen molar-refractivity contribution in [2.24, 2.45) is 0 Å². The van der Waals surface area contributed by atoms with Gasteiger partial charge in [0.1, 0.15) is 18.2 Å². The minimum atomic E-state index is 0.638. The minimum Gasteiger partial charge on any atom is -0.492 e. The lowest BCUT2D eigenvalue weighted by atomic mass is 10.1. The maximum absolute atomic E-state index is 6.07. The fraction of sp³-hybridized carbons (Fsp3) is 0.292. The fourth-order valence-corrected chi connectivity index (χ4v) is 3.61. The van der Waals surface area contributed by atoms with E-state index in [1.807, 2.05) is 0 Å². The normalized spacial score (nSPS) is 11.3. The van der Waals surface area contributed by atoms with Crippen LogP contribution in [0.2, 0.25) is 0 Å². The summed E-state index contributed by atoms with van der Waals surface area (Å²) in [5.74, 6) is 2.09. The third-order valence-corrected chi connectivity index (χ3v) is 5.04. The summed E-state index contributed by atoms with van der Waals surface area (Å²) in [7, 11) is 0. The molecule has 27 heavy (non-hydrogen) atoms. The van der Waals surface area contributed by atoms with Gasteiger partial charge in [-0.3, -0.25) is 0 Å². The molecule has 0 spiro atoms. The van der Waals surface area contributed by atoms with E-state index in [2.05, 4.69) is 78.2 Å². The molecule has 3 aromatic carbocycles. The Morgan fingerprint density at radius 1 is 0.889 bits per heavy atom. The van der Waals surface area contributed by atoms with E-state index in [0.29, 0.717) is 6.61 Å². The van der Waals surface area contributed by atoms with Crippen LogP contribution in [0.15, 0.2) is 66.7 Å². The fourth-order valence-electron chi connectivity index (χ4n) is 3.61. The molecule has 0 saturated carbocycles. The van der Waals surface area contributed by atoms with Gasteiger partial charge in [-0.2, -0.15) is 0 Å². The number of fused-ring (bicyclic) bond motifs is 2. The molecule has 4 rings (SSSR count). The van der Waals surface area contributed by atoms with Gasteiger partial charge in [0, 0.05) is 6.42 Å². The number of para-hydroxylation sites is 2. The van der Waals surface area contributed by atoms with Crippen molar-refractivity contribution >= 4 is 21.8 Å². The molecule has 3 heteroatoms. The predicted molar refractivity (Wildman–Crippen MR) is 112 cm³/mol. The van der Waals surface area contributed by atoms with Crippen LogP contribution in [-0.4, -0.2) is 16.2 Å². The van der Waals surface area contributed by atoms with Crippen LogP contribution in [-0.2, 0) is 13.0 Å². The lowest BCUT2D eigenvalue weighted by molar-refractivity contribution is 0.298. The molecular weight excluding hydrogens is 332 g/mol. The minimum absolute atomic E-state index is 0.638. The van der Waals surface area contributed by atoms with Crippen LogP contribution in [0.5, 0.6) is 5.75 Å². The van der Waals surface area contributed by atoms with E-state index in [-0.39, 0.29) is 0 Å². The molecule has 138 valence electrons. The predicted octanol–water partition coefficient (Wildman–Crippen LogP) is 6.00. The molecule has 0 atom stereocenters. The number of aromatic nitrogens is 2. The highest BCUT2D eigenvalue weighted by Gasteiger charge is 2.10. The molecule has 0 unspecified atom stereocenters. The number of aryl methyl sites for hydroxylation is 1. The van der Waals surface area contributed by atoms with E-state index in [1.165, 1.54) is 41.4 Å². The smallest absolute Gasteiger partial charge is 0.120 e. The Morgan fingerprint density at radius 3 is 2.59 bits per heavy atom. The van der Waals surface area contributed by atoms with Gasteiger partial charge in [0.05, 0.1) is 17.6 Å². The summed E-state index contributed by atoms with van der Waals surface area (Å²) in [4.78, 5) is 4.86. The van der Waals surface area contributed by atoms with E-state index < -0.39 is 0 Å². The van der Waals surface area contributed by atoms with Crippen LogP contribution >= 0.6 is 0 Å². The molecule has 0 aliphatic rings. The zero-order chi connectivity index (χ0) is 18.5. The zero-order valence-electron chi connectivity index (χ0n) is 15.9. The number of ether oxygens (including phenoxy) is 1. The molecule has 0 N–H and O–H groups in total. The van der Waals surface area contributed by atoms with Gasteiger partial charge in [0.15, 0.2) is 0 Å². The van der Waals surface area contributed by atoms with Gasteiger partial charge in [-0.05, 0) is 41.5 Å². The van der Waals surface area contributed by atoms with Gasteiger partial charge in [-0.1, -0.05) is 62.2 Å². The molecule has 3 nitrogen and oxygen atoms in total. The first-order valence-electron chi connectivity index (χ1n) is 9.91. The van der Waals surface area contributed by atoms with E-state index in [9.17, 15) is 0 Å². The van der Waals surface area contributed by atoms with Crippen LogP contribution < -0.4 is 4.74 Å². The van der Waals surface area contributed by atoms with E-state index in [4.69, 9.17) is 9.72 Å². The molecule has 0 aliphatic heterocycles. The van der Waals surface area contributed by atoms with Gasteiger partial charge in [0.25, 0.3) is 0 Å². The Morgan fingerprint density at radius 2 is 1.70 bits per heavy atom. The molecule has 0 fully saturated rings. The lowest BCUT2D eigenvalue weighted by Gasteiger charge is -2.11. The Bertz CT molecular complexity index is 1030. The number of imidazole rings is 1. The number of nitrogens with zero attached hydrogens (tertiary/aromatic N) is 2. The van der Waals surface area contributed by atoms with Crippen molar-refractivity contribution in [3.63, 3.8) is 0 Å². The van der Waals surface area contributed by atoms with Crippen molar-refractivity contribution in [2.75, 3.05) is 6.61 Å². The summed E-state index contributed by atoms with van der Waals surface area (Å²) in [6.45, 7) is 3.69. The highest BCUT2D eigenvalue weighted by molar-refractivity contribution is 5.83. The summed E-state index contributed by atoms with van der Waals surface area (Å²) in [5, 5.41) is 2.45. The van der Waals surface area contributed by atoms with Gasteiger partial charge in [0.2, 0.25) is 0 Å². The third-order valence-electron chi connectivity index (χ3n) is 5.04. The number of hydrogen-bond donors (Lipinski definition) is 0. The summed E-state index contributed by atoms with van der Waals surface area (Å²) in [5.41, 5.74) is 2.28. The molecule has 4 aromatic rings. The molecule has 0 bridgehead atoms. The van der Waals surface area contributed by atoms with Crippen LogP contribution in [0.4, 0.5) is 0 Å². The van der Waals surface area contributed by atoms with Crippen molar-refractivity contribution in [3.05, 3.63) is 72.6 Å². The van der Waals surface area contributed by atoms with Crippen molar-refractivity contribution in [3.8, 4) is 5.75 Å². The van der Waals surface area contributed by atoms with Crippen LogP contribution in [0.3, 0.4) is 0 Å². The highest BCUT2D eigenvalue weighted by atomic mass is 16.5. The van der Waals surface area contributed by atoms with Crippen molar-refractivity contribution in [1.82, 2.24) is 9.55 Å². The van der Waals surface area contributed by atoms with Crippen molar-refractivity contribution < 1.29 is 4.74 Å². The van der Waals surface area contributed by atoms with Crippen LogP contribution in [0.25, 0.3) is 21.8 Å². The number of hydrogen-bond acceptors (Lipinski definition) is 2. The van der Waals surface area contributed by atoms with Gasteiger partial charge in [-0.15, -0.1) is 0 Å². The van der Waals surface area contributed by atoms with Crippen LogP contribution in [0.1, 0.15) is 32.0 Å². The number of unbranched alkanes of at least 4 members (excludes halogenated alkanes) is 2. The Balaban J connectivity index is 1.49. The first-order chi connectivity index (χ1) is 13.3. The first kappa shape index (κ1) is 17.6. The highest BCUT2D eigenvalue weighted by Crippen LogP contribution is 2.21. The van der Waals surface area contributed by atoms with E-state index in [0.717, 1.165) is 24.2 Å². The third kappa shape index (κ3) is 3.97. The van der Waals surface area contributed by atoms with E-state index >= 15 is 0 Å². The van der Waals surface area contributed by atoms with Crippen molar-refractivity contribution in [1.29, 1.82) is 0 Å². The van der Waals surface area contributed by atoms with Gasteiger partial charge in [-0.25, -0.2) is 4.98 Å². The molecule has 0 radical (unpaired) electrons. The maximum atomic E-state index is 6.07. The SMILES string of the molecule is CCCCCc1nc2ccccc2n1CCOc1ccc2ccccc2c1. The average Bonchev–Trinajstić information content (AvgIpc) is 3.06. The molecule has 1 aromatic heterocycles. The van der Waals surface area contributed by atoms with Gasteiger partial charge >= 0.3 is 0 Å². The summed E-state index contributed by atoms with van der Waals surface area (Å²) in [6, 6.07) is 23.0. The molecule has 1 heterocycles. The first-order valence-corrected chi connectivity index (χ1v) is 9.91. The quantitative estimate of drug-likeness (QED) is 0.361. The molecular formula is C24H26N2O. The van der Waals surface area contributed by atoms with Gasteiger partial charge < -0.3 is 9.30 Å². The summed E-state index contributed by atoms with van der Waals surface area (Å²) in [6.07, 6.45) is 4.69. The molecule has 0 aliphatic carbocycles. The Labute approximate surface area is 160 Å². The molecule has 0 amide bonds. The summed E-state index contributed by atoms with van der Waals surface area (Å²) >= 11 is 0. The Kier molecular flexibility index (Phi) is 5.38. The largest absolute Gasteiger partial charge is 0.492 e. The monoisotopic (exact) mass is 358 g/mol. The topological polar surface area (TPSA) is 27.1 Å².